The molecule has 0 fully saturated rings. The van der Waals surface area contributed by atoms with Crippen molar-refractivity contribution < 1.29 is 4.74 Å². The van der Waals surface area contributed by atoms with E-state index in [-0.39, 0.29) is 0 Å². The van der Waals surface area contributed by atoms with Gasteiger partial charge in [0.15, 0.2) is 11.5 Å². The van der Waals surface area contributed by atoms with Gasteiger partial charge >= 0.3 is 0 Å². The number of fused-ring (bicyclic) bond motifs is 2. The molecule has 0 bridgehead atoms. The standard InChI is InChI=1S/C26H23N9O/c1-35(2)9-10-36-17-11-16(13-27-14-17)21-12-19-22(15-30-21)33-34-24(19)26-31-23-18(6-8-29-25(23)32-26)20-5-3-4-7-28-20/h3-8,11-15H,9-10H2,1-2H3,(H,33,34)(H,29,31,32). The van der Waals surface area contributed by atoms with Gasteiger partial charge in [0.2, 0.25) is 0 Å². The van der Waals surface area contributed by atoms with Crippen molar-refractivity contribution in [3.63, 3.8) is 0 Å². The number of imidazole rings is 1. The second-order valence-electron chi connectivity index (χ2n) is 8.61. The molecule has 6 rings (SSSR count). The molecule has 178 valence electrons. The van der Waals surface area contributed by atoms with Crippen molar-refractivity contribution in [2.45, 2.75) is 0 Å². The smallest absolute Gasteiger partial charge is 0.178 e. The molecule has 6 heterocycles. The van der Waals surface area contributed by atoms with E-state index in [9.17, 15) is 0 Å². The molecule has 0 spiro atoms. The Hall–Kier alpha value is -4.70. The largest absolute Gasteiger partial charge is 0.491 e. The highest BCUT2D eigenvalue weighted by atomic mass is 16.5. The van der Waals surface area contributed by atoms with Crippen molar-refractivity contribution in [2.75, 3.05) is 27.2 Å². The topological polar surface area (TPSA) is 121 Å². The highest BCUT2D eigenvalue weighted by Crippen LogP contribution is 2.31. The van der Waals surface area contributed by atoms with Crippen LogP contribution in [0.2, 0.25) is 0 Å². The lowest BCUT2D eigenvalue weighted by molar-refractivity contribution is 0.261. The third kappa shape index (κ3) is 4.14. The first-order valence-electron chi connectivity index (χ1n) is 11.5. The monoisotopic (exact) mass is 477 g/mol. The lowest BCUT2D eigenvalue weighted by Crippen LogP contribution is -2.19. The van der Waals surface area contributed by atoms with E-state index >= 15 is 0 Å². The number of hydrogen-bond acceptors (Lipinski definition) is 8. The lowest BCUT2D eigenvalue weighted by Gasteiger charge is -2.11. The highest BCUT2D eigenvalue weighted by Gasteiger charge is 2.17. The molecule has 0 aliphatic rings. The number of ether oxygens (including phenoxy) is 1. The summed E-state index contributed by atoms with van der Waals surface area (Å²) in [5.41, 5.74) is 6.30. The van der Waals surface area contributed by atoms with E-state index in [0.29, 0.717) is 29.5 Å². The molecule has 6 aromatic heterocycles. The molecule has 0 aliphatic heterocycles. The summed E-state index contributed by atoms with van der Waals surface area (Å²) >= 11 is 0. The minimum Gasteiger partial charge on any atom is -0.491 e. The van der Waals surface area contributed by atoms with E-state index in [0.717, 1.165) is 45.5 Å². The van der Waals surface area contributed by atoms with Crippen molar-refractivity contribution >= 4 is 22.1 Å². The van der Waals surface area contributed by atoms with Crippen LogP contribution in [0.25, 0.3) is 56.1 Å². The summed E-state index contributed by atoms with van der Waals surface area (Å²) < 4.78 is 5.85. The minimum atomic E-state index is 0.580. The molecular weight excluding hydrogens is 454 g/mol. The molecule has 0 amide bonds. The van der Waals surface area contributed by atoms with E-state index in [1.165, 1.54) is 0 Å². The summed E-state index contributed by atoms with van der Waals surface area (Å²) in [5, 5.41) is 8.47. The first-order chi connectivity index (χ1) is 17.7. The van der Waals surface area contributed by atoms with Crippen LogP contribution in [0.4, 0.5) is 0 Å². The van der Waals surface area contributed by atoms with Crippen LogP contribution in [0, 0.1) is 0 Å². The van der Waals surface area contributed by atoms with E-state index in [2.05, 4.69) is 40.0 Å². The Balaban J connectivity index is 1.38. The van der Waals surface area contributed by atoms with Crippen molar-refractivity contribution in [3.8, 4) is 39.8 Å². The molecule has 10 heteroatoms. The molecule has 2 N–H and O–H groups in total. The number of H-pyrrole nitrogens is 2. The van der Waals surface area contributed by atoms with Gasteiger partial charge in [-0.15, -0.1) is 0 Å². The van der Waals surface area contributed by atoms with Crippen LogP contribution < -0.4 is 4.74 Å². The molecule has 0 unspecified atom stereocenters. The molecule has 0 saturated heterocycles. The fourth-order valence-corrected chi connectivity index (χ4v) is 4.00. The van der Waals surface area contributed by atoms with Crippen LogP contribution in [-0.4, -0.2) is 72.2 Å². The maximum Gasteiger partial charge on any atom is 0.178 e. The molecule has 0 radical (unpaired) electrons. The fourth-order valence-electron chi connectivity index (χ4n) is 4.00. The van der Waals surface area contributed by atoms with Gasteiger partial charge in [0.05, 0.1) is 34.8 Å². The first kappa shape index (κ1) is 21.8. The van der Waals surface area contributed by atoms with Crippen LogP contribution in [0.1, 0.15) is 0 Å². The van der Waals surface area contributed by atoms with Crippen LogP contribution in [-0.2, 0) is 0 Å². The Morgan fingerprint density at radius 1 is 0.944 bits per heavy atom. The molecule has 36 heavy (non-hydrogen) atoms. The Labute approximate surface area is 206 Å². The number of pyridine rings is 4. The zero-order valence-corrected chi connectivity index (χ0v) is 19.8. The normalized spacial score (nSPS) is 11.5. The van der Waals surface area contributed by atoms with Gasteiger partial charge in [-0.1, -0.05) is 6.07 Å². The molecule has 6 aromatic rings. The molecule has 0 saturated carbocycles. The van der Waals surface area contributed by atoms with E-state index in [1.54, 1.807) is 31.0 Å². The second kappa shape index (κ2) is 9.16. The summed E-state index contributed by atoms with van der Waals surface area (Å²) in [4.78, 5) is 28.1. The number of hydrogen-bond donors (Lipinski definition) is 2. The Kier molecular flexibility index (Phi) is 5.55. The summed E-state index contributed by atoms with van der Waals surface area (Å²) in [6.45, 7) is 1.40. The van der Waals surface area contributed by atoms with Crippen molar-refractivity contribution in [3.05, 3.63) is 67.4 Å². The van der Waals surface area contributed by atoms with Gasteiger partial charge in [-0.05, 0) is 44.4 Å². The van der Waals surface area contributed by atoms with E-state index in [1.807, 2.05) is 50.5 Å². The number of aromatic nitrogens is 8. The van der Waals surface area contributed by atoms with Crippen LogP contribution in [0.5, 0.6) is 5.75 Å². The lowest BCUT2D eigenvalue weighted by atomic mass is 10.1. The Bertz CT molecular complexity index is 1660. The van der Waals surface area contributed by atoms with Gasteiger partial charge in [-0.2, -0.15) is 5.10 Å². The van der Waals surface area contributed by atoms with Crippen molar-refractivity contribution in [1.82, 2.24) is 45.0 Å². The van der Waals surface area contributed by atoms with Gasteiger partial charge in [0.25, 0.3) is 0 Å². The van der Waals surface area contributed by atoms with E-state index in [4.69, 9.17) is 9.72 Å². The summed E-state index contributed by atoms with van der Waals surface area (Å²) in [7, 11) is 4.02. The van der Waals surface area contributed by atoms with Crippen molar-refractivity contribution in [2.24, 2.45) is 0 Å². The van der Waals surface area contributed by atoms with Gasteiger partial charge in [-0.25, -0.2) is 9.97 Å². The first-order valence-corrected chi connectivity index (χ1v) is 11.5. The van der Waals surface area contributed by atoms with Crippen LogP contribution in [0.3, 0.4) is 0 Å². The van der Waals surface area contributed by atoms with E-state index < -0.39 is 0 Å². The summed E-state index contributed by atoms with van der Waals surface area (Å²) in [5.74, 6) is 1.32. The Morgan fingerprint density at radius 2 is 1.89 bits per heavy atom. The predicted octanol–water partition coefficient (Wildman–Crippen LogP) is 3.96. The maximum atomic E-state index is 5.85. The zero-order chi connectivity index (χ0) is 24.5. The van der Waals surface area contributed by atoms with Gasteiger partial charge < -0.3 is 14.6 Å². The summed E-state index contributed by atoms with van der Waals surface area (Å²) in [6, 6.07) is 11.7. The van der Waals surface area contributed by atoms with Gasteiger partial charge in [-0.3, -0.25) is 20.1 Å². The number of likely N-dealkylation sites (N-methyl/N-ethyl adjacent to an activating group) is 1. The SMILES string of the molecule is CN(C)CCOc1cncc(-c2cc3c(-c4nc5nccc(-c6ccccn6)c5[nH]4)n[nH]c3cn2)c1. The van der Waals surface area contributed by atoms with Gasteiger partial charge in [0, 0.05) is 41.6 Å². The van der Waals surface area contributed by atoms with Crippen LogP contribution in [0.15, 0.2) is 67.4 Å². The average Bonchev–Trinajstić information content (AvgIpc) is 3.53. The van der Waals surface area contributed by atoms with Gasteiger partial charge in [0.1, 0.15) is 18.1 Å². The van der Waals surface area contributed by atoms with Crippen LogP contribution >= 0.6 is 0 Å². The number of nitrogens with one attached hydrogen (secondary N) is 2. The second-order valence-corrected chi connectivity index (χ2v) is 8.61. The summed E-state index contributed by atoms with van der Waals surface area (Å²) in [6.07, 6.45) is 8.76. The number of nitrogens with zero attached hydrogens (tertiary/aromatic N) is 7. The Morgan fingerprint density at radius 3 is 2.75 bits per heavy atom. The molecule has 10 nitrogen and oxygen atoms in total. The molecular formula is C26H23N9O. The number of rotatable bonds is 7. The predicted molar refractivity (Wildman–Crippen MR) is 137 cm³/mol. The van der Waals surface area contributed by atoms with Crippen molar-refractivity contribution in [1.29, 1.82) is 0 Å². The molecule has 0 atom stereocenters. The number of aromatic amines is 2. The maximum absolute atomic E-state index is 5.85. The average molecular weight is 478 g/mol. The molecule has 0 aliphatic carbocycles. The highest BCUT2D eigenvalue weighted by molar-refractivity contribution is 5.96. The third-order valence-corrected chi connectivity index (χ3v) is 5.82. The quantitative estimate of drug-likeness (QED) is 0.354. The zero-order valence-electron chi connectivity index (χ0n) is 19.8. The minimum absolute atomic E-state index is 0.580. The third-order valence-electron chi connectivity index (χ3n) is 5.82. The fraction of sp³-hybridized carbons (Fsp3) is 0.154. The molecule has 0 aromatic carbocycles.